The van der Waals surface area contributed by atoms with Crippen molar-refractivity contribution in [2.24, 2.45) is 11.8 Å². The van der Waals surface area contributed by atoms with Crippen LogP contribution in [0, 0.1) is 18.8 Å². The first kappa shape index (κ1) is 14.8. The number of imide groups is 1. The maximum absolute atomic E-state index is 12.4. The van der Waals surface area contributed by atoms with E-state index in [0.717, 1.165) is 5.56 Å². The van der Waals surface area contributed by atoms with E-state index in [0.29, 0.717) is 17.9 Å². The number of fused-ring (bicyclic) bond motifs is 5. The third-order valence-electron chi connectivity index (χ3n) is 4.73. The summed E-state index contributed by atoms with van der Waals surface area (Å²) in [7, 11) is -4.23. The molecule has 122 valence electrons. The Labute approximate surface area is 133 Å². The van der Waals surface area contributed by atoms with Crippen LogP contribution in [0.5, 0.6) is 0 Å². The van der Waals surface area contributed by atoms with E-state index in [1.165, 1.54) is 12.1 Å². The first-order chi connectivity index (χ1) is 10.9. The van der Waals surface area contributed by atoms with Gasteiger partial charge in [0, 0.05) is 0 Å². The van der Waals surface area contributed by atoms with Crippen molar-refractivity contribution in [3.8, 4) is 0 Å². The number of nitrogens with zero attached hydrogens (tertiary/aromatic N) is 1. The van der Waals surface area contributed by atoms with Gasteiger partial charge in [-0.1, -0.05) is 17.7 Å². The van der Waals surface area contributed by atoms with Gasteiger partial charge in [0.15, 0.2) is 0 Å². The molecule has 3 saturated heterocycles. The Morgan fingerprint density at radius 3 is 2.09 bits per heavy atom. The first-order valence-electron chi connectivity index (χ1n) is 7.43. The lowest BCUT2D eigenvalue weighted by Crippen LogP contribution is -2.36. The molecular formula is C15H15NO6S. The summed E-state index contributed by atoms with van der Waals surface area (Å²) in [4.78, 5) is 24.7. The minimum Gasteiger partial charge on any atom is -0.373 e. The van der Waals surface area contributed by atoms with Crippen LogP contribution in [-0.2, 0) is 28.7 Å². The predicted octanol–water partition coefficient (Wildman–Crippen LogP) is 0.778. The van der Waals surface area contributed by atoms with Crippen LogP contribution >= 0.6 is 0 Å². The summed E-state index contributed by atoms with van der Waals surface area (Å²) < 4.78 is 35.0. The molecular weight excluding hydrogens is 322 g/mol. The third kappa shape index (κ3) is 2.13. The highest BCUT2D eigenvalue weighted by molar-refractivity contribution is 7.86. The molecule has 2 amide bonds. The summed E-state index contributed by atoms with van der Waals surface area (Å²) in [6.45, 7) is 1.82. The molecule has 23 heavy (non-hydrogen) atoms. The van der Waals surface area contributed by atoms with Crippen LogP contribution in [0.2, 0.25) is 0 Å². The fraction of sp³-hybridized carbons (Fsp3) is 0.467. The molecule has 0 spiro atoms. The number of rotatable bonds is 3. The molecule has 4 rings (SSSR count). The van der Waals surface area contributed by atoms with Crippen molar-refractivity contribution in [3.05, 3.63) is 29.8 Å². The zero-order valence-electron chi connectivity index (χ0n) is 12.3. The Kier molecular flexibility index (Phi) is 3.13. The molecule has 3 heterocycles. The molecule has 3 fully saturated rings. The van der Waals surface area contributed by atoms with E-state index in [1.807, 2.05) is 6.92 Å². The van der Waals surface area contributed by atoms with Gasteiger partial charge < -0.3 is 4.74 Å². The zero-order valence-corrected chi connectivity index (χ0v) is 13.2. The molecule has 0 N–H and O–H groups in total. The quantitative estimate of drug-likeness (QED) is 0.757. The number of carbonyl (C=O) groups excluding carboxylic acids is 2. The van der Waals surface area contributed by atoms with Gasteiger partial charge in [0.25, 0.3) is 11.8 Å². The van der Waals surface area contributed by atoms with E-state index < -0.39 is 33.8 Å². The van der Waals surface area contributed by atoms with E-state index in [4.69, 9.17) is 9.02 Å². The number of carbonyl (C=O) groups is 2. The predicted molar refractivity (Wildman–Crippen MR) is 76.2 cm³/mol. The smallest absolute Gasteiger partial charge is 0.318 e. The van der Waals surface area contributed by atoms with Gasteiger partial charge in [0.2, 0.25) is 0 Å². The van der Waals surface area contributed by atoms with Crippen LogP contribution in [0.3, 0.4) is 0 Å². The highest BCUT2D eigenvalue weighted by Gasteiger charge is 2.63. The number of ether oxygens (including phenoxy) is 1. The largest absolute Gasteiger partial charge is 0.373 e. The van der Waals surface area contributed by atoms with Crippen LogP contribution in [0.15, 0.2) is 29.2 Å². The molecule has 1 aromatic rings. The second-order valence-corrected chi connectivity index (χ2v) is 7.68. The van der Waals surface area contributed by atoms with Gasteiger partial charge in [-0.2, -0.15) is 8.42 Å². The molecule has 0 saturated carbocycles. The molecule has 3 aliphatic rings. The van der Waals surface area contributed by atoms with Crippen molar-refractivity contribution in [3.63, 3.8) is 0 Å². The van der Waals surface area contributed by atoms with Crippen LogP contribution in [-0.4, -0.2) is 37.5 Å². The van der Waals surface area contributed by atoms with Crippen molar-refractivity contribution in [2.75, 3.05) is 0 Å². The van der Waals surface area contributed by atoms with Gasteiger partial charge in [-0.05, 0) is 31.9 Å². The molecule has 2 bridgehead atoms. The molecule has 0 unspecified atom stereocenters. The molecule has 0 aromatic heterocycles. The normalized spacial score (nSPS) is 32.7. The summed E-state index contributed by atoms with van der Waals surface area (Å²) >= 11 is 0. The lowest BCUT2D eigenvalue weighted by molar-refractivity contribution is -0.168. The maximum Gasteiger partial charge on any atom is 0.318 e. The van der Waals surface area contributed by atoms with Gasteiger partial charge in [-0.3, -0.25) is 9.59 Å². The topological polar surface area (TPSA) is 90.0 Å². The average Bonchev–Trinajstić information content (AvgIpc) is 3.17. The highest BCUT2D eigenvalue weighted by atomic mass is 32.2. The van der Waals surface area contributed by atoms with Crippen LogP contribution < -0.4 is 0 Å². The molecule has 0 radical (unpaired) electrons. The van der Waals surface area contributed by atoms with Crippen molar-refractivity contribution < 1.29 is 27.0 Å². The van der Waals surface area contributed by atoms with E-state index in [1.54, 1.807) is 12.1 Å². The van der Waals surface area contributed by atoms with Crippen molar-refractivity contribution >= 4 is 21.9 Å². The maximum atomic E-state index is 12.4. The van der Waals surface area contributed by atoms with E-state index in [-0.39, 0.29) is 17.1 Å². The standard InChI is InChI=1S/C15H15NO6S/c1-8-2-4-9(5-3-8)23(19,20)22-16-14(17)12-10-6-7-11(21-10)13(12)15(16)18/h2-5,10-13H,6-7H2,1H3/t10-,11-,12-,13-/m0/s1. The van der Waals surface area contributed by atoms with Gasteiger partial charge in [0.1, 0.15) is 0 Å². The van der Waals surface area contributed by atoms with Crippen LogP contribution in [0.25, 0.3) is 0 Å². The summed E-state index contributed by atoms with van der Waals surface area (Å²) in [6, 6.07) is 5.99. The highest BCUT2D eigenvalue weighted by Crippen LogP contribution is 2.48. The number of hydroxylamine groups is 2. The SMILES string of the molecule is Cc1ccc(S(=O)(=O)ON2C(=O)[C@@H]3[C@@H](C2=O)[C@@H]2CC[C@@H]3O2)cc1. The Balaban J connectivity index is 1.61. The minimum atomic E-state index is -4.23. The zero-order chi connectivity index (χ0) is 16.4. The van der Waals surface area contributed by atoms with Gasteiger partial charge in [-0.15, -0.1) is 9.35 Å². The fourth-order valence-electron chi connectivity index (χ4n) is 3.60. The summed E-state index contributed by atoms with van der Waals surface area (Å²) in [5, 5.41) is 0.415. The number of hydrogen-bond donors (Lipinski definition) is 0. The Morgan fingerprint density at radius 1 is 1.04 bits per heavy atom. The number of aryl methyl sites for hydroxylation is 1. The second-order valence-electron chi connectivity index (χ2n) is 6.15. The van der Waals surface area contributed by atoms with Gasteiger partial charge in [0.05, 0.1) is 28.9 Å². The van der Waals surface area contributed by atoms with Crippen LogP contribution in [0.4, 0.5) is 0 Å². The van der Waals surface area contributed by atoms with E-state index >= 15 is 0 Å². The molecule has 7 nitrogen and oxygen atoms in total. The molecule has 3 aliphatic heterocycles. The molecule has 4 atom stereocenters. The summed E-state index contributed by atoms with van der Waals surface area (Å²) in [6.07, 6.45) is 0.807. The monoisotopic (exact) mass is 337 g/mol. The lowest BCUT2D eigenvalue weighted by Gasteiger charge is -2.16. The van der Waals surface area contributed by atoms with Crippen molar-refractivity contribution in [2.45, 2.75) is 36.9 Å². The first-order valence-corrected chi connectivity index (χ1v) is 8.84. The van der Waals surface area contributed by atoms with Gasteiger partial charge in [-0.25, -0.2) is 0 Å². The van der Waals surface area contributed by atoms with E-state index in [2.05, 4.69) is 0 Å². The summed E-state index contributed by atoms with van der Waals surface area (Å²) in [5.74, 6) is -2.48. The van der Waals surface area contributed by atoms with Crippen molar-refractivity contribution in [1.82, 2.24) is 5.06 Å². The molecule has 0 aliphatic carbocycles. The molecule has 8 heteroatoms. The fourth-order valence-corrected chi connectivity index (χ4v) is 4.50. The number of hydrogen-bond acceptors (Lipinski definition) is 6. The van der Waals surface area contributed by atoms with Crippen LogP contribution in [0.1, 0.15) is 18.4 Å². The average molecular weight is 337 g/mol. The molecule has 1 aromatic carbocycles. The Hall–Kier alpha value is -1.77. The van der Waals surface area contributed by atoms with Gasteiger partial charge >= 0.3 is 10.1 Å². The summed E-state index contributed by atoms with van der Waals surface area (Å²) in [5.41, 5.74) is 0.889. The number of benzene rings is 1. The number of amides is 2. The third-order valence-corrected chi connectivity index (χ3v) is 5.92. The Morgan fingerprint density at radius 2 is 1.57 bits per heavy atom. The van der Waals surface area contributed by atoms with Crippen molar-refractivity contribution in [1.29, 1.82) is 0 Å². The Bertz CT molecular complexity index is 759. The lowest BCUT2D eigenvalue weighted by atomic mass is 9.81. The minimum absolute atomic E-state index is 0.0972. The van der Waals surface area contributed by atoms with E-state index in [9.17, 15) is 18.0 Å². The second kappa shape index (κ2) is 4.86.